The first-order valence-corrected chi connectivity index (χ1v) is 6.24. The predicted molar refractivity (Wildman–Crippen MR) is 64.3 cm³/mol. The van der Waals surface area contributed by atoms with Crippen LogP contribution in [0.2, 0.25) is 0 Å². The minimum atomic E-state index is 0.153. The van der Waals surface area contributed by atoms with Gasteiger partial charge in [-0.25, -0.2) is 0 Å². The third-order valence-corrected chi connectivity index (χ3v) is 2.94. The normalized spacial score (nSPS) is 22.0. The van der Waals surface area contributed by atoms with Gasteiger partial charge in [0.25, 0.3) is 0 Å². The van der Waals surface area contributed by atoms with Gasteiger partial charge in [-0.15, -0.1) is 0 Å². The van der Waals surface area contributed by atoms with Crippen LogP contribution in [0.15, 0.2) is 0 Å². The first-order valence-electron chi connectivity index (χ1n) is 6.24. The number of nitrogens with zero attached hydrogens (tertiary/aromatic N) is 1. The van der Waals surface area contributed by atoms with Crippen LogP contribution < -0.4 is 5.32 Å². The maximum absolute atomic E-state index is 11.6. The molecule has 0 unspecified atom stereocenters. The maximum Gasteiger partial charge on any atom is 0.234 e. The Labute approximate surface area is 98.3 Å². The van der Waals surface area contributed by atoms with Crippen molar-refractivity contribution in [3.8, 4) is 0 Å². The quantitative estimate of drug-likeness (QED) is 0.733. The summed E-state index contributed by atoms with van der Waals surface area (Å²) < 4.78 is 5.17. The van der Waals surface area contributed by atoms with Crippen LogP contribution in [0.4, 0.5) is 0 Å². The van der Waals surface area contributed by atoms with Crippen molar-refractivity contribution in [3.05, 3.63) is 0 Å². The number of amides is 1. The topological polar surface area (TPSA) is 41.6 Å². The monoisotopic (exact) mass is 228 g/mol. The lowest BCUT2D eigenvalue weighted by Crippen LogP contribution is -2.43. The highest BCUT2D eigenvalue weighted by molar-refractivity contribution is 5.77. The Morgan fingerprint density at radius 2 is 2.38 bits per heavy atom. The molecule has 0 radical (unpaired) electrons. The molecule has 0 aliphatic carbocycles. The second-order valence-electron chi connectivity index (χ2n) is 4.55. The van der Waals surface area contributed by atoms with Gasteiger partial charge in [0.1, 0.15) is 0 Å². The van der Waals surface area contributed by atoms with E-state index in [0.717, 1.165) is 32.7 Å². The molecular weight excluding hydrogens is 204 g/mol. The van der Waals surface area contributed by atoms with Crippen molar-refractivity contribution in [2.24, 2.45) is 5.92 Å². The number of nitrogens with one attached hydrogen (secondary N) is 1. The summed E-state index contributed by atoms with van der Waals surface area (Å²) in [5.74, 6) is 0.748. The van der Waals surface area contributed by atoms with Crippen molar-refractivity contribution in [1.82, 2.24) is 10.2 Å². The second-order valence-corrected chi connectivity index (χ2v) is 4.55. The van der Waals surface area contributed by atoms with Gasteiger partial charge in [0.15, 0.2) is 0 Å². The minimum absolute atomic E-state index is 0.153. The average molecular weight is 228 g/mol. The maximum atomic E-state index is 11.6. The summed E-state index contributed by atoms with van der Waals surface area (Å²) in [5.41, 5.74) is 0. The van der Waals surface area contributed by atoms with Crippen LogP contribution in [0.1, 0.15) is 26.2 Å². The van der Waals surface area contributed by atoms with E-state index in [2.05, 4.69) is 17.1 Å². The number of likely N-dealkylation sites (tertiary alicyclic amines) is 1. The van der Waals surface area contributed by atoms with E-state index in [4.69, 9.17) is 4.74 Å². The highest BCUT2D eigenvalue weighted by Gasteiger charge is 2.21. The molecule has 94 valence electrons. The zero-order valence-electron chi connectivity index (χ0n) is 10.5. The fourth-order valence-electron chi connectivity index (χ4n) is 2.19. The van der Waals surface area contributed by atoms with Gasteiger partial charge >= 0.3 is 0 Å². The fourth-order valence-corrected chi connectivity index (χ4v) is 2.19. The fraction of sp³-hybridized carbons (Fsp3) is 0.917. The Kier molecular flexibility index (Phi) is 6.42. The number of carbonyl (C=O) groups is 1. The van der Waals surface area contributed by atoms with E-state index in [1.165, 1.54) is 12.8 Å². The standard InChI is InChI=1S/C12H24N2O2/c1-3-6-13-12(15)9-14-7-4-5-11(8-14)10-16-2/h11H,3-10H2,1-2H3,(H,13,15)/t11-/m1/s1. The van der Waals surface area contributed by atoms with E-state index < -0.39 is 0 Å². The number of hydrogen-bond acceptors (Lipinski definition) is 3. The number of hydrogen-bond donors (Lipinski definition) is 1. The molecule has 0 saturated carbocycles. The summed E-state index contributed by atoms with van der Waals surface area (Å²) in [6.45, 7) is 6.24. The van der Waals surface area contributed by atoms with Crippen LogP contribution in [-0.4, -0.2) is 50.7 Å². The van der Waals surface area contributed by atoms with Gasteiger partial charge in [0.2, 0.25) is 5.91 Å². The highest BCUT2D eigenvalue weighted by atomic mass is 16.5. The van der Waals surface area contributed by atoms with E-state index >= 15 is 0 Å². The van der Waals surface area contributed by atoms with Gasteiger partial charge in [-0.1, -0.05) is 6.92 Å². The lowest BCUT2D eigenvalue weighted by atomic mass is 9.99. The van der Waals surface area contributed by atoms with E-state index in [0.29, 0.717) is 12.5 Å². The molecule has 4 nitrogen and oxygen atoms in total. The molecule has 1 fully saturated rings. The van der Waals surface area contributed by atoms with Crippen molar-refractivity contribution >= 4 is 5.91 Å². The van der Waals surface area contributed by atoms with Gasteiger partial charge in [-0.3, -0.25) is 9.69 Å². The second kappa shape index (κ2) is 7.63. The summed E-state index contributed by atoms with van der Waals surface area (Å²) in [6.07, 6.45) is 3.40. The number of piperidine rings is 1. The molecule has 4 heteroatoms. The molecular formula is C12H24N2O2. The van der Waals surface area contributed by atoms with Gasteiger partial charge in [0.05, 0.1) is 13.2 Å². The lowest BCUT2D eigenvalue weighted by molar-refractivity contribution is -0.122. The van der Waals surface area contributed by atoms with E-state index in [1.807, 2.05) is 0 Å². The van der Waals surface area contributed by atoms with Crippen molar-refractivity contribution in [1.29, 1.82) is 0 Å². The number of carbonyl (C=O) groups excluding carboxylic acids is 1. The highest BCUT2D eigenvalue weighted by Crippen LogP contribution is 2.15. The lowest BCUT2D eigenvalue weighted by Gasteiger charge is -2.31. The summed E-state index contributed by atoms with van der Waals surface area (Å²) in [7, 11) is 1.74. The third kappa shape index (κ3) is 4.94. The van der Waals surface area contributed by atoms with E-state index in [-0.39, 0.29) is 5.91 Å². The average Bonchev–Trinajstić information content (AvgIpc) is 2.27. The Bertz CT molecular complexity index is 207. The molecule has 0 aromatic carbocycles. The van der Waals surface area contributed by atoms with Crippen LogP contribution >= 0.6 is 0 Å². The van der Waals surface area contributed by atoms with Gasteiger partial charge in [0, 0.05) is 20.2 Å². The Morgan fingerprint density at radius 3 is 3.06 bits per heavy atom. The molecule has 1 N–H and O–H groups in total. The molecule has 1 rings (SSSR count). The zero-order chi connectivity index (χ0) is 11.8. The molecule has 1 saturated heterocycles. The Morgan fingerprint density at radius 1 is 1.56 bits per heavy atom. The van der Waals surface area contributed by atoms with Crippen molar-refractivity contribution in [2.75, 3.05) is 39.9 Å². The van der Waals surface area contributed by atoms with Crippen LogP contribution in [0.3, 0.4) is 0 Å². The van der Waals surface area contributed by atoms with Gasteiger partial charge < -0.3 is 10.1 Å². The summed E-state index contributed by atoms with van der Waals surface area (Å²) >= 11 is 0. The molecule has 0 spiro atoms. The van der Waals surface area contributed by atoms with Crippen LogP contribution in [-0.2, 0) is 9.53 Å². The van der Waals surface area contributed by atoms with Crippen LogP contribution in [0, 0.1) is 5.92 Å². The molecule has 0 aromatic rings. The van der Waals surface area contributed by atoms with Crippen molar-refractivity contribution < 1.29 is 9.53 Å². The summed E-state index contributed by atoms with van der Waals surface area (Å²) in [4.78, 5) is 13.8. The molecule has 0 aromatic heterocycles. The molecule has 1 amide bonds. The zero-order valence-corrected chi connectivity index (χ0v) is 10.5. The molecule has 1 heterocycles. The predicted octanol–water partition coefficient (Wildman–Crippen LogP) is 0.871. The summed E-state index contributed by atoms with van der Waals surface area (Å²) in [6, 6.07) is 0. The Hall–Kier alpha value is -0.610. The Balaban J connectivity index is 2.22. The first-order chi connectivity index (χ1) is 7.76. The van der Waals surface area contributed by atoms with Crippen LogP contribution in [0.5, 0.6) is 0 Å². The van der Waals surface area contributed by atoms with E-state index in [1.54, 1.807) is 7.11 Å². The summed E-state index contributed by atoms with van der Waals surface area (Å²) in [5, 5.41) is 2.91. The smallest absolute Gasteiger partial charge is 0.234 e. The van der Waals surface area contributed by atoms with Crippen LogP contribution in [0.25, 0.3) is 0 Å². The first kappa shape index (κ1) is 13.5. The molecule has 1 atom stereocenters. The third-order valence-electron chi connectivity index (χ3n) is 2.94. The van der Waals surface area contributed by atoms with Crippen molar-refractivity contribution in [2.45, 2.75) is 26.2 Å². The molecule has 1 aliphatic heterocycles. The number of rotatable bonds is 6. The van der Waals surface area contributed by atoms with Gasteiger partial charge in [-0.05, 0) is 31.7 Å². The van der Waals surface area contributed by atoms with Gasteiger partial charge in [-0.2, -0.15) is 0 Å². The number of methoxy groups -OCH3 is 1. The SMILES string of the molecule is CCCNC(=O)CN1CCC[C@@H](COC)C1. The number of ether oxygens (including phenoxy) is 1. The molecule has 0 bridgehead atoms. The van der Waals surface area contributed by atoms with Crippen molar-refractivity contribution in [3.63, 3.8) is 0 Å². The molecule has 1 aliphatic rings. The minimum Gasteiger partial charge on any atom is -0.384 e. The largest absolute Gasteiger partial charge is 0.384 e. The molecule has 16 heavy (non-hydrogen) atoms. The van der Waals surface area contributed by atoms with E-state index in [9.17, 15) is 4.79 Å².